The van der Waals surface area contributed by atoms with Crippen LogP contribution in [0.4, 0.5) is 5.82 Å². The standard InChI is InChI=1S/C12H16N4O/c1-10(2)9-17-8-6-14-12-11-3-4-15-16(11)7-5-13-12/h3-5,7H,1,6,8-9H2,2H3,(H,13,14). The number of rotatable bonds is 6. The van der Waals surface area contributed by atoms with E-state index in [1.807, 2.05) is 19.2 Å². The molecule has 0 aromatic carbocycles. The number of hydrogen-bond donors (Lipinski definition) is 1. The summed E-state index contributed by atoms with van der Waals surface area (Å²) < 4.78 is 7.18. The lowest BCUT2D eigenvalue weighted by Gasteiger charge is -2.07. The minimum atomic E-state index is 0.603. The quantitative estimate of drug-likeness (QED) is 0.608. The van der Waals surface area contributed by atoms with Crippen LogP contribution in [-0.2, 0) is 4.74 Å². The first-order valence-electron chi connectivity index (χ1n) is 5.52. The molecule has 5 nitrogen and oxygen atoms in total. The van der Waals surface area contributed by atoms with E-state index < -0.39 is 0 Å². The molecule has 5 heteroatoms. The van der Waals surface area contributed by atoms with Crippen molar-refractivity contribution in [2.75, 3.05) is 25.1 Å². The zero-order valence-corrected chi connectivity index (χ0v) is 9.89. The molecule has 1 N–H and O–H groups in total. The van der Waals surface area contributed by atoms with Crippen LogP contribution in [0.2, 0.25) is 0 Å². The van der Waals surface area contributed by atoms with Gasteiger partial charge >= 0.3 is 0 Å². The van der Waals surface area contributed by atoms with Crippen LogP contribution < -0.4 is 5.32 Å². The Kier molecular flexibility index (Phi) is 3.72. The summed E-state index contributed by atoms with van der Waals surface area (Å²) in [6.07, 6.45) is 5.29. The van der Waals surface area contributed by atoms with Crippen molar-refractivity contribution in [1.29, 1.82) is 0 Å². The van der Waals surface area contributed by atoms with Gasteiger partial charge in [-0.25, -0.2) is 9.50 Å². The summed E-state index contributed by atoms with van der Waals surface area (Å²) in [7, 11) is 0. The molecule has 17 heavy (non-hydrogen) atoms. The largest absolute Gasteiger partial charge is 0.375 e. The second-order valence-electron chi connectivity index (χ2n) is 3.87. The van der Waals surface area contributed by atoms with Gasteiger partial charge in [-0.15, -0.1) is 0 Å². The monoisotopic (exact) mass is 232 g/mol. The minimum Gasteiger partial charge on any atom is -0.375 e. The van der Waals surface area contributed by atoms with Crippen molar-refractivity contribution in [3.8, 4) is 0 Å². The Balaban J connectivity index is 1.86. The molecule has 0 aliphatic rings. The van der Waals surface area contributed by atoms with Gasteiger partial charge in [-0.1, -0.05) is 12.2 Å². The fourth-order valence-electron chi connectivity index (χ4n) is 1.48. The Morgan fingerprint density at radius 2 is 2.41 bits per heavy atom. The van der Waals surface area contributed by atoms with Crippen molar-refractivity contribution in [3.05, 3.63) is 36.8 Å². The van der Waals surface area contributed by atoms with Gasteiger partial charge in [-0.3, -0.25) is 0 Å². The second-order valence-corrected chi connectivity index (χ2v) is 3.87. The number of fused-ring (bicyclic) bond motifs is 1. The fraction of sp³-hybridized carbons (Fsp3) is 0.333. The van der Waals surface area contributed by atoms with Crippen LogP contribution in [-0.4, -0.2) is 34.4 Å². The Morgan fingerprint density at radius 3 is 3.24 bits per heavy atom. The molecule has 0 amide bonds. The SMILES string of the molecule is C=C(C)COCCNc1nccn2nccc12. The second kappa shape index (κ2) is 5.45. The zero-order valence-electron chi connectivity index (χ0n) is 9.89. The molecule has 2 aromatic heterocycles. The van der Waals surface area contributed by atoms with Crippen molar-refractivity contribution in [3.63, 3.8) is 0 Å². The fourth-order valence-corrected chi connectivity index (χ4v) is 1.48. The van der Waals surface area contributed by atoms with Gasteiger partial charge < -0.3 is 10.1 Å². The molecule has 0 saturated carbocycles. The summed E-state index contributed by atoms with van der Waals surface area (Å²) in [4.78, 5) is 4.27. The van der Waals surface area contributed by atoms with Gasteiger partial charge in [0.2, 0.25) is 0 Å². The minimum absolute atomic E-state index is 0.603. The molecule has 0 radical (unpaired) electrons. The average molecular weight is 232 g/mol. The van der Waals surface area contributed by atoms with Gasteiger partial charge in [-0.05, 0) is 13.0 Å². The highest BCUT2D eigenvalue weighted by Gasteiger charge is 2.01. The highest BCUT2D eigenvalue weighted by atomic mass is 16.5. The molecule has 0 aliphatic heterocycles. The Labute approximate surface area is 100 Å². The summed E-state index contributed by atoms with van der Waals surface area (Å²) in [5.74, 6) is 0.823. The molecule has 0 fully saturated rings. The first kappa shape index (κ1) is 11.6. The molecule has 0 spiro atoms. The van der Waals surface area contributed by atoms with Gasteiger partial charge in [0.25, 0.3) is 0 Å². The first-order chi connectivity index (χ1) is 8.27. The number of nitrogens with zero attached hydrogens (tertiary/aromatic N) is 3. The van der Waals surface area contributed by atoms with E-state index in [9.17, 15) is 0 Å². The van der Waals surface area contributed by atoms with E-state index in [-0.39, 0.29) is 0 Å². The van der Waals surface area contributed by atoms with Crippen LogP contribution in [0.15, 0.2) is 36.8 Å². The molecule has 2 rings (SSSR count). The lowest BCUT2D eigenvalue weighted by Crippen LogP contribution is -2.11. The van der Waals surface area contributed by atoms with E-state index in [0.717, 1.165) is 16.9 Å². The summed E-state index contributed by atoms with van der Waals surface area (Å²) >= 11 is 0. The third-order valence-corrected chi connectivity index (χ3v) is 2.21. The third kappa shape index (κ3) is 3.04. The number of aromatic nitrogens is 3. The maximum absolute atomic E-state index is 5.40. The smallest absolute Gasteiger partial charge is 0.152 e. The number of ether oxygens (including phenoxy) is 1. The number of nitrogens with one attached hydrogen (secondary N) is 1. The van der Waals surface area contributed by atoms with Gasteiger partial charge in [-0.2, -0.15) is 5.10 Å². The molecule has 0 bridgehead atoms. The van der Waals surface area contributed by atoms with E-state index >= 15 is 0 Å². The molecule has 90 valence electrons. The van der Waals surface area contributed by atoms with E-state index in [0.29, 0.717) is 19.8 Å². The van der Waals surface area contributed by atoms with Crippen LogP contribution in [0.3, 0.4) is 0 Å². The van der Waals surface area contributed by atoms with Crippen molar-refractivity contribution >= 4 is 11.3 Å². The van der Waals surface area contributed by atoms with E-state index in [1.54, 1.807) is 16.9 Å². The zero-order chi connectivity index (χ0) is 12.1. The van der Waals surface area contributed by atoms with Crippen LogP contribution in [0.25, 0.3) is 5.52 Å². The Hall–Kier alpha value is -1.88. The van der Waals surface area contributed by atoms with Crippen LogP contribution in [0.5, 0.6) is 0 Å². The predicted octanol–water partition coefficient (Wildman–Crippen LogP) is 1.73. The van der Waals surface area contributed by atoms with Gasteiger partial charge in [0, 0.05) is 18.9 Å². The average Bonchev–Trinajstić information content (AvgIpc) is 2.77. The molecular weight excluding hydrogens is 216 g/mol. The third-order valence-electron chi connectivity index (χ3n) is 2.21. The molecule has 0 aliphatic carbocycles. The lowest BCUT2D eigenvalue weighted by molar-refractivity contribution is 0.167. The van der Waals surface area contributed by atoms with Crippen molar-refractivity contribution in [1.82, 2.24) is 14.6 Å². The van der Waals surface area contributed by atoms with Crippen molar-refractivity contribution in [2.24, 2.45) is 0 Å². The first-order valence-corrected chi connectivity index (χ1v) is 5.52. The summed E-state index contributed by atoms with van der Waals surface area (Å²) in [6.45, 7) is 7.67. The lowest BCUT2D eigenvalue weighted by atomic mass is 10.4. The molecule has 2 heterocycles. The van der Waals surface area contributed by atoms with E-state index in [1.165, 1.54) is 0 Å². The number of hydrogen-bond acceptors (Lipinski definition) is 4. The molecule has 0 unspecified atom stereocenters. The maximum atomic E-state index is 5.40. The molecule has 2 aromatic rings. The van der Waals surface area contributed by atoms with Gasteiger partial charge in [0.15, 0.2) is 5.82 Å². The van der Waals surface area contributed by atoms with Gasteiger partial charge in [0.05, 0.1) is 19.4 Å². The van der Waals surface area contributed by atoms with Crippen LogP contribution in [0, 0.1) is 0 Å². The maximum Gasteiger partial charge on any atom is 0.152 e. The Bertz CT molecular complexity index is 506. The normalized spacial score (nSPS) is 10.6. The van der Waals surface area contributed by atoms with Crippen molar-refractivity contribution < 1.29 is 4.74 Å². The predicted molar refractivity (Wildman–Crippen MR) is 67.1 cm³/mol. The number of anilines is 1. The molecular formula is C12H16N4O. The van der Waals surface area contributed by atoms with Crippen molar-refractivity contribution in [2.45, 2.75) is 6.92 Å². The molecule has 0 saturated heterocycles. The Morgan fingerprint density at radius 1 is 1.53 bits per heavy atom. The highest BCUT2D eigenvalue weighted by molar-refractivity contribution is 5.66. The van der Waals surface area contributed by atoms with E-state index in [2.05, 4.69) is 22.0 Å². The van der Waals surface area contributed by atoms with E-state index in [4.69, 9.17) is 4.74 Å². The van der Waals surface area contributed by atoms with Gasteiger partial charge in [0.1, 0.15) is 5.52 Å². The topological polar surface area (TPSA) is 51.5 Å². The summed E-state index contributed by atoms with van der Waals surface area (Å²) in [5, 5.41) is 7.36. The van der Waals surface area contributed by atoms with Crippen LogP contribution >= 0.6 is 0 Å². The van der Waals surface area contributed by atoms with Crippen LogP contribution in [0.1, 0.15) is 6.92 Å². The summed E-state index contributed by atoms with van der Waals surface area (Å²) in [5.41, 5.74) is 1.99. The summed E-state index contributed by atoms with van der Waals surface area (Å²) in [6, 6.07) is 1.92. The highest BCUT2D eigenvalue weighted by Crippen LogP contribution is 2.11. The molecule has 0 atom stereocenters.